The van der Waals surface area contributed by atoms with Crippen LogP contribution in [0.15, 0.2) is 18.3 Å². The third kappa shape index (κ3) is 2.61. The van der Waals surface area contributed by atoms with Gasteiger partial charge in [0.25, 0.3) is 0 Å². The van der Waals surface area contributed by atoms with Gasteiger partial charge in [0.05, 0.1) is 12.1 Å². The van der Waals surface area contributed by atoms with Crippen molar-refractivity contribution in [3.05, 3.63) is 29.7 Å². The number of hydrogen-bond donors (Lipinski definition) is 1. The third-order valence-electron chi connectivity index (χ3n) is 2.51. The molecule has 18 heavy (non-hydrogen) atoms. The molecule has 0 bridgehead atoms. The van der Waals surface area contributed by atoms with Crippen LogP contribution in [0.3, 0.4) is 0 Å². The van der Waals surface area contributed by atoms with E-state index in [1.54, 1.807) is 0 Å². The fraction of sp³-hybridized carbons (Fsp3) is 0.455. The second kappa shape index (κ2) is 4.93. The van der Waals surface area contributed by atoms with Crippen LogP contribution in [0.5, 0.6) is 0 Å². The third-order valence-corrected chi connectivity index (χ3v) is 2.51. The van der Waals surface area contributed by atoms with E-state index in [1.807, 2.05) is 6.92 Å². The van der Waals surface area contributed by atoms with Crippen LogP contribution in [-0.4, -0.2) is 21.1 Å². The minimum atomic E-state index is -4.35. The number of nitrogens with zero attached hydrogens (tertiary/aromatic N) is 3. The van der Waals surface area contributed by atoms with E-state index in [0.29, 0.717) is 18.0 Å². The predicted octanol–water partition coefficient (Wildman–Crippen LogP) is 2.25. The monoisotopic (exact) mass is 258 g/mol. The van der Waals surface area contributed by atoms with Gasteiger partial charge in [-0.1, -0.05) is 6.92 Å². The average molecular weight is 258 g/mol. The highest BCUT2D eigenvalue weighted by Crippen LogP contribution is 2.29. The van der Waals surface area contributed by atoms with Crippen molar-refractivity contribution < 1.29 is 13.2 Å². The summed E-state index contributed by atoms with van der Waals surface area (Å²) in [7, 11) is 0. The summed E-state index contributed by atoms with van der Waals surface area (Å²) in [6, 6.07) is 2.33. The molecule has 0 amide bonds. The van der Waals surface area contributed by atoms with Crippen LogP contribution < -0.4 is 5.32 Å². The quantitative estimate of drug-likeness (QED) is 0.855. The van der Waals surface area contributed by atoms with Gasteiger partial charge >= 0.3 is 6.18 Å². The molecular weight excluding hydrogens is 245 g/mol. The second-order valence-electron chi connectivity index (χ2n) is 3.94. The molecule has 2 aromatic rings. The predicted molar refractivity (Wildman–Crippen MR) is 60.0 cm³/mol. The van der Waals surface area contributed by atoms with Crippen LogP contribution in [0.4, 0.5) is 13.2 Å². The van der Waals surface area contributed by atoms with E-state index < -0.39 is 11.7 Å². The van der Waals surface area contributed by atoms with Crippen molar-refractivity contribution in [1.82, 2.24) is 19.9 Å². The fourth-order valence-corrected chi connectivity index (χ4v) is 1.60. The number of alkyl halides is 3. The molecule has 7 heteroatoms. The van der Waals surface area contributed by atoms with E-state index in [1.165, 1.54) is 10.5 Å². The summed E-state index contributed by atoms with van der Waals surface area (Å²) in [6.07, 6.45) is -2.38. The highest BCUT2D eigenvalue weighted by atomic mass is 19.4. The molecule has 2 heterocycles. The average Bonchev–Trinajstić information content (AvgIpc) is 2.71. The maximum atomic E-state index is 12.6. The van der Waals surface area contributed by atoms with Crippen molar-refractivity contribution in [3.8, 4) is 0 Å². The van der Waals surface area contributed by atoms with Gasteiger partial charge in [0.2, 0.25) is 0 Å². The van der Waals surface area contributed by atoms with Crippen molar-refractivity contribution in [2.24, 2.45) is 0 Å². The largest absolute Gasteiger partial charge is 0.417 e. The SMILES string of the molecule is CCCNCc1nnc2ccc(C(F)(F)F)cn12. The summed E-state index contributed by atoms with van der Waals surface area (Å²) in [5.74, 6) is 0.476. The Balaban J connectivity index is 2.31. The highest BCUT2D eigenvalue weighted by molar-refractivity contribution is 5.40. The van der Waals surface area contributed by atoms with Gasteiger partial charge in [-0.05, 0) is 25.1 Å². The molecule has 0 radical (unpaired) electrons. The summed E-state index contributed by atoms with van der Waals surface area (Å²) < 4.78 is 39.1. The molecule has 0 aliphatic heterocycles. The van der Waals surface area contributed by atoms with E-state index >= 15 is 0 Å². The smallest absolute Gasteiger partial charge is 0.310 e. The molecule has 2 aromatic heterocycles. The molecule has 98 valence electrons. The maximum Gasteiger partial charge on any atom is 0.417 e. The van der Waals surface area contributed by atoms with E-state index in [0.717, 1.165) is 25.2 Å². The summed E-state index contributed by atoms with van der Waals surface area (Å²) in [5.41, 5.74) is -0.289. The lowest BCUT2D eigenvalue weighted by molar-refractivity contribution is -0.137. The van der Waals surface area contributed by atoms with Crippen molar-refractivity contribution in [1.29, 1.82) is 0 Å². The van der Waals surface area contributed by atoms with Gasteiger partial charge in [-0.3, -0.25) is 4.40 Å². The lowest BCUT2D eigenvalue weighted by atomic mass is 10.3. The van der Waals surface area contributed by atoms with Crippen molar-refractivity contribution in [2.75, 3.05) is 6.54 Å². The molecule has 0 saturated heterocycles. The topological polar surface area (TPSA) is 42.2 Å². The molecule has 0 saturated carbocycles. The number of nitrogens with one attached hydrogen (secondary N) is 1. The van der Waals surface area contributed by atoms with Crippen molar-refractivity contribution >= 4 is 5.65 Å². The Morgan fingerprint density at radius 2 is 2.06 bits per heavy atom. The van der Waals surface area contributed by atoms with E-state index in [9.17, 15) is 13.2 Å². The first-order chi connectivity index (χ1) is 8.52. The number of rotatable bonds is 4. The molecule has 0 aliphatic rings. The summed E-state index contributed by atoms with van der Waals surface area (Å²) in [6.45, 7) is 3.20. The molecule has 0 aliphatic carbocycles. The summed E-state index contributed by atoms with van der Waals surface area (Å²) in [4.78, 5) is 0. The Kier molecular flexibility index (Phi) is 3.51. The number of fused-ring (bicyclic) bond motifs is 1. The molecule has 2 rings (SSSR count). The minimum absolute atomic E-state index is 0.399. The first kappa shape index (κ1) is 12.8. The van der Waals surface area contributed by atoms with Crippen LogP contribution in [-0.2, 0) is 12.7 Å². The molecule has 0 spiro atoms. The normalized spacial score (nSPS) is 12.2. The van der Waals surface area contributed by atoms with Crippen LogP contribution in [0.25, 0.3) is 5.65 Å². The van der Waals surface area contributed by atoms with Gasteiger partial charge < -0.3 is 5.32 Å². The Hall–Kier alpha value is -1.63. The molecule has 4 nitrogen and oxygen atoms in total. The van der Waals surface area contributed by atoms with Gasteiger partial charge in [-0.2, -0.15) is 13.2 Å². The Labute approximate surface area is 102 Å². The number of halogens is 3. The van der Waals surface area contributed by atoms with Crippen LogP contribution in [0, 0.1) is 0 Å². The van der Waals surface area contributed by atoms with E-state index in [4.69, 9.17) is 0 Å². The van der Waals surface area contributed by atoms with Gasteiger partial charge in [0.1, 0.15) is 0 Å². The minimum Gasteiger partial charge on any atom is -0.310 e. The molecule has 0 aromatic carbocycles. The van der Waals surface area contributed by atoms with Crippen molar-refractivity contribution in [3.63, 3.8) is 0 Å². The van der Waals surface area contributed by atoms with Crippen LogP contribution in [0.1, 0.15) is 24.7 Å². The lowest BCUT2D eigenvalue weighted by Crippen LogP contribution is -2.16. The summed E-state index contributed by atoms with van der Waals surface area (Å²) >= 11 is 0. The number of aromatic nitrogens is 3. The Bertz CT molecular complexity index is 533. The zero-order chi connectivity index (χ0) is 13.2. The molecule has 0 unspecified atom stereocenters. The fourth-order valence-electron chi connectivity index (χ4n) is 1.60. The summed E-state index contributed by atoms with van der Waals surface area (Å²) in [5, 5.41) is 10.8. The van der Waals surface area contributed by atoms with Crippen LogP contribution in [0.2, 0.25) is 0 Å². The molecule has 0 fully saturated rings. The van der Waals surface area contributed by atoms with E-state index in [-0.39, 0.29) is 0 Å². The van der Waals surface area contributed by atoms with Gasteiger partial charge in [-0.25, -0.2) is 0 Å². The van der Waals surface area contributed by atoms with E-state index in [2.05, 4.69) is 15.5 Å². The van der Waals surface area contributed by atoms with Crippen molar-refractivity contribution in [2.45, 2.75) is 26.1 Å². The molecule has 1 N–H and O–H groups in total. The number of pyridine rings is 1. The standard InChI is InChI=1S/C11H13F3N4/c1-2-5-15-6-10-17-16-9-4-3-8(7-18(9)10)11(12,13)14/h3-4,7,15H,2,5-6H2,1H3. The lowest BCUT2D eigenvalue weighted by Gasteiger charge is -2.07. The Morgan fingerprint density at radius 3 is 2.72 bits per heavy atom. The molecule has 0 atom stereocenters. The first-order valence-electron chi connectivity index (χ1n) is 5.64. The Morgan fingerprint density at radius 1 is 1.28 bits per heavy atom. The zero-order valence-corrected chi connectivity index (χ0v) is 9.83. The second-order valence-corrected chi connectivity index (χ2v) is 3.94. The first-order valence-corrected chi connectivity index (χ1v) is 5.64. The zero-order valence-electron chi connectivity index (χ0n) is 9.83. The highest BCUT2D eigenvalue weighted by Gasteiger charge is 2.31. The molecular formula is C11H13F3N4. The maximum absolute atomic E-state index is 12.6. The van der Waals surface area contributed by atoms with Crippen LogP contribution >= 0.6 is 0 Å². The van der Waals surface area contributed by atoms with Gasteiger partial charge in [0.15, 0.2) is 11.5 Å². The van der Waals surface area contributed by atoms with Gasteiger partial charge in [0, 0.05) is 6.20 Å². The van der Waals surface area contributed by atoms with Gasteiger partial charge in [-0.15, -0.1) is 10.2 Å². The number of hydrogen-bond acceptors (Lipinski definition) is 3.